The van der Waals surface area contributed by atoms with Crippen LogP contribution in [0.25, 0.3) is 0 Å². The molecular weight excluding hydrogens is 166 g/mol. The number of nitrogens with zero attached hydrogens (tertiary/aromatic N) is 1. The van der Waals surface area contributed by atoms with Crippen molar-refractivity contribution in [3.63, 3.8) is 0 Å². The Morgan fingerprint density at radius 3 is 2.62 bits per heavy atom. The molecule has 8 heavy (non-hydrogen) atoms. The highest BCUT2D eigenvalue weighted by Crippen LogP contribution is 2.24. The fourth-order valence-corrected chi connectivity index (χ4v) is 0.784. The zero-order valence-corrected chi connectivity index (χ0v) is 6.22. The molecule has 0 fully saturated rings. The van der Waals surface area contributed by atoms with Crippen molar-refractivity contribution in [2.45, 2.75) is 11.2 Å². The lowest BCUT2D eigenvalue weighted by molar-refractivity contribution is 0.915. The van der Waals surface area contributed by atoms with Crippen LogP contribution in [0.3, 0.4) is 0 Å². The summed E-state index contributed by atoms with van der Waals surface area (Å²) in [5, 5.41) is 0. The molecule has 1 radical (unpaired) electrons. The van der Waals surface area contributed by atoms with Crippen molar-refractivity contribution < 1.29 is 0 Å². The van der Waals surface area contributed by atoms with E-state index in [2.05, 4.69) is 20.9 Å². The molecule has 0 N–H and O–H groups in total. The lowest BCUT2D eigenvalue weighted by Crippen LogP contribution is -2.12. The summed E-state index contributed by atoms with van der Waals surface area (Å²) in [7, 11) is 0. The highest BCUT2D eigenvalue weighted by molar-refractivity contribution is 9.10. The topological polar surface area (TPSA) is 12.4 Å². The van der Waals surface area contributed by atoms with Gasteiger partial charge < -0.3 is 0 Å². The maximum atomic E-state index is 3.95. The molecule has 1 nitrogen and oxygen atoms in total. The molecule has 0 saturated carbocycles. The minimum Gasteiger partial charge on any atom is -0.286 e. The Morgan fingerprint density at radius 2 is 2.38 bits per heavy atom. The molecule has 43 valence electrons. The van der Waals surface area contributed by atoms with Crippen molar-refractivity contribution in [3.05, 3.63) is 18.7 Å². The first kappa shape index (κ1) is 6.02. The van der Waals surface area contributed by atoms with E-state index < -0.39 is 0 Å². The second-order valence-corrected chi connectivity index (χ2v) is 3.65. The van der Waals surface area contributed by atoms with Gasteiger partial charge in [-0.15, -0.1) is 0 Å². The zero-order valence-electron chi connectivity index (χ0n) is 4.63. The molecule has 2 heteroatoms. The lowest BCUT2D eigenvalue weighted by Gasteiger charge is -2.15. The van der Waals surface area contributed by atoms with Crippen LogP contribution in [-0.2, 0) is 0 Å². The van der Waals surface area contributed by atoms with E-state index in [1.54, 1.807) is 6.21 Å². The third-order valence-electron chi connectivity index (χ3n) is 0.921. The fraction of sp³-hybridized carbons (Fsp3) is 0.333. The van der Waals surface area contributed by atoms with Crippen molar-refractivity contribution in [2.24, 2.45) is 4.99 Å². The average molecular weight is 173 g/mol. The smallest absolute Gasteiger partial charge is 0.0924 e. The van der Waals surface area contributed by atoms with Crippen molar-refractivity contribution in [2.75, 3.05) is 0 Å². The van der Waals surface area contributed by atoms with Crippen molar-refractivity contribution in [3.8, 4) is 0 Å². The summed E-state index contributed by atoms with van der Waals surface area (Å²) >= 11 is 3.44. The maximum absolute atomic E-state index is 3.95. The van der Waals surface area contributed by atoms with Crippen LogP contribution in [-0.4, -0.2) is 10.5 Å². The number of hydrogen-bond acceptors (Lipinski definition) is 1. The van der Waals surface area contributed by atoms with Gasteiger partial charge in [-0.25, -0.2) is 0 Å². The fourth-order valence-electron chi connectivity index (χ4n) is 0.513. The number of alkyl halides is 1. The van der Waals surface area contributed by atoms with Crippen LogP contribution in [0, 0.1) is 6.54 Å². The average Bonchev–Trinajstić information content (AvgIpc) is 1.65. The van der Waals surface area contributed by atoms with Gasteiger partial charge in [0.15, 0.2) is 0 Å². The molecule has 0 aliphatic carbocycles. The molecule has 0 aromatic rings. The SMILES string of the molecule is CC1(Br)[CH]N=CC=C1. The molecule has 0 bridgehead atoms. The van der Waals surface area contributed by atoms with Crippen molar-refractivity contribution >= 4 is 22.1 Å². The molecule has 1 aliphatic rings. The van der Waals surface area contributed by atoms with E-state index in [1.807, 2.05) is 25.6 Å². The lowest BCUT2D eigenvalue weighted by atomic mass is 10.1. The molecule has 1 unspecified atom stereocenters. The predicted molar refractivity (Wildman–Crippen MR) is 39.3 cm³/mol. The van der Waals surface area contributed by atoms with Crippen LogP contribution < -0.4 is 0 Å². The molecule has 0 aromatic heterocycles. The molecule has 0 amide bonds. The number of aliphatic imine (C=N–C) groups is 1. The maximum Gasteiger partial charge on any atom is 0.0924 e. The largest absolute Gasteiger partial charge is 0.286 e. The van der Waals surface area contributed by atoms with E-state index in [-0.39, 0.29) is 4.32 Å². The van der Waals surface area contributed by atoms with Gasteiger partial charge in [0.2, 0.25) is 0 Å². The van der Waals surface area contributed by atoms with E-state index in [4.69, 9.17) is 0 Å². The van der Waals surface area contributed by atoms with Gasteiger partial charge in [-0.05, 0) is 13.0 Å². The van der Waals surface area contributed by atoms with Gasteiger partial charge >= 0.3 is 0 Å². The summed E-state index contributed by atoms with van der Waals surface area (Å²) in [5.41, 5.74) is 0. The van der Waals surface area contributed by atoms with E-state index in [1.165, 1.54) is 0 Å². The van der Waals surface area contributed by atoms with E-state index in [9.17, 15) is 0 Å². The Balaban J connectivity index is 2.65. The quantitative estimate of drug-likeness (QED) is 0.496. The van der Waals surface area contributed by atoms with Gasteiger partial charge in [0.25, 0.3) is 0 Å². The Labute approximate surface area is 57.6 Å². The van der Waals surface area contributed by atoms with E-state index in [0.29, 0.717) is 0 Å². The Kier molecular flexibility index (Phi) is 1.52. The molecule has 1 atom stereocenters. The third kappa shape index (κ3) is 1.44. The Morgan fingerprint density at radius 1 is 1.62 bits per heavy atom. The summed E-state index contributed by atoms with van der Waals surface area (Å²) in [6, 6.07) is 0. The van der Waals surface area contributed by atoms with Gasteiger partial charge in [0, 0.05) is 6.21 Å². The van der Waals surface area contributed by atoms with Gasteiger partial charge in [-0.3, -0.25) is 4.99 Å². The van der Waals surface area contributed by atoms with Crippen LogP contribution in [0.4, 0.5) is 0 Å². The summed E-state index contributed by atoms with van der Waals surface area (Å²) in [5.74, 6) is 0. The number of hydrogen-bond donors (Lipinski definition) is 0. The van der Waals surface area contributed by atoms with Crippen molar-refractivity contribution in [1.82, 2.24) is 0 Å². The van der Waals surface area contributed by atoms with Crippen molar-refractivity contribution in [1.29, 1.82) is 0 Å². The Bertz CT molecular complexity index is 135. The zero-order chi connectivity index (χ0) is 6.04. The molecule has 1 heterocycles. The highest BCUT2D eigenvalue weighted by atomic mass is 79.9. The van der Waals surface area contributed by atoms with Gasteiger partial charge in [-0.1, -0.05) is 22.0 Å². The van der Waals surface area contributed by atoms with Gasteiger partial charge in [0.1, 0.15) is 0 Å². The normalized spacial score (nSPS) is 35.8. The first-order valence-electron chi connectivity index (χ1n) is 2.45. The first-order chi connectivity index (χ1) is 3.71. The predicted octanol–water partition coefficient (Wildman–Crippen LogP) is 1.94. The van der Waals surface area contributed by atoms with Crippen LogP contribution >= 0.6 is 15.9 Å². The minimum absolute atomic E-state index is 0.0122. The highest BCUT2D eigenvalue weighted by Gasteiger charge is 2.16. The first-order valence-corrected chi connectivity index (χ1v) is 3.24. The van der Waals surface area contributed by atoms with Crippen LogP contribution in [0.15, 0.2) is 17.1 Å². The summed E-state index contributed by atoms with van der Waals surface area (Å²) < 4.78 is -0.0122. The van der Waals surface area contributed by atoms with Gasteiger partial charge in [-0.2, -0.15) is 0 Å². The van der Waals surface area contributed by atoms with Crippen LogP contribution in [0.2, 0.25) is 0 Å². The molecular formula is C6H7BrN. The summed E-state index contributed by atoms with van der Waals surface area (Å²) in [6.45, 7) is 3.90. The second kappa shape index (κ2) is 2.02. The minimum atomic E-state index is -0.0122. The Hall–Kier alpha value is -0.110. The van der Waals surface area contributed by atoms with Gasteiger partial charge in [0.05, 0.1) is 10.9 Å². The number of rotatable bonds is 0. The number of dihydropyridines is 1. The standard InChI is InChI=1S/C6H7BrN/c1-6(7)3-2-4-8-5-6/h2-5H,1H3. The molecule has 0 aromatic carbocycles. The van der Waals surface area contributed by atoms with E-state index in [0.717, 1.165) is 0 Å². The third-order valence-corrected chi connectivity index (χ3v) is 1.39. The summed E-state index contributed by atoms with van der Waals surface area (Å²) in [4.78, 5) is 3.95. The molecule has 0 saturated heterocycles. The molecule has 1 aliphatic heterocycles. The second-order valence-electron chi connectivity index (χ2n) is 1.94. The van der Waals surface area contributed by atoms with Crippen LogP contribution in [0.5, 0.6) is 0 Å². The van der Waals surface area contributed by atoms with Crippen LogP contribution in [0.1, 0.15) is 6.92 Å². The number of allylic oxidation sites excluding steroid dienone is 1. The van der Waals surface area contributed by atoms with E-state index >= 15 is 0 Å². The summed E-state index contributed by atoms with van der Waals surface area (Å²) in [6.07, 6.45) is 5.73. The number of halogens is 1. The monoisotopic (exact) mass is 172 g/mol. The molecule has 1 rings (SSSR count). The molecule has 0 spiro atoms.